The van der Waals surface area contributed by atoms with Crippen LogP contribution in [-0.4, -0.2) is 19.0 Å². The van der Waals surface area contributed by atoms with E-state index in [9.17, 15) is 4.79 Å². The van der Waals surface area contributed by atoms with Gasteiger partial charge in [0.05, 0.1) is 0 Å². The predicted octanol–water partition coefficient (Wildman–Crippen LogP) is 4.72. The van der Waals surface area contributed by atoms with E-state index in [-0.39, 0.29) is 11.8 Å². The molecule has 0 amide bonds. The zero-order valence-electron chi connectivity index (χ0n) is 17.9. The molecule has 4 rings (SSSR count). The Morgan fingerprint density at radius 3 is 1.57 bits per heavy atom. The summed E-state index contributed by atoms with van der Waals surface area (Å²) >= 11 is -3.21. The van der Waals surface area contributed by atoms with Crippen molar-refractivity contribution in [3.8, 4) is 0 Å². The van der Waals surface area contributed by atoms with Gasteiger partial charge < -0.3 is 0 Å². The standard InChI is InChI=1S/C28H30GeO/c1-21(2)23-19-27(22(3)28(30)20-23)29(24-13-7-4-8-14-24,25-15-9-5-10-16-25)26-17-11-6-12-18-26/h4-18,22-23,27H,1,19-20H2,2-3H3. The van der Waals surface area contributed by atoms with Crippen molar-refractivity contribution >= 4 is 32.2 Å². The topological polar surface area (TPSA) is 17.1 Å². The first-order chi connectivity index (χ1) is 14.5. The second-order valence-corrected chi connectivity index (χ2v) is 17.3. The molecule has 2 heteroatoms. The molecule has 1 saturated carbocycles. The quantitative estimate of drug-likeness (QED) is 0.402. The summed E-state index contributed by atoms with van der Waals surface area (Å²) in [6.07, 6.45) is 1.69. The number of carbonyl (C=O) groups excluding carboxylic acids is 1. The Morgan fingerprint density at radius 2 is 1.20 bits per heavy atom. The summed E-state index contributed by atoms with van der Waals surface area (Å²) < 4.78 is 4.63. The molecule has 3 atom stereocenters. The van der Waals surface area contributed by atoms with Crippen LogP contribution in [0.4, 0.5) is 0 Å². The number of rotatable bonds is 5. The van der Waals surface area contributed by atoms with Gasteiger partial charge in [0.1, 0.15) is 0 Å². The van der Waals surface area contributed by atoms with Crippen molar-refractivity contribution in [2.45, 2.75) is 31.4 Å². The molecule has 0 radical (unpaired) electrons. The maximum atomic E-state index is 13.2. The molecule has 1 nitrogen and oxygen atoms in total. The first-order valence-electron chi connectivity index (χ1n) is 10.9. The van der Waals surface area contributed by atoms with Crippen LogP contribution in [-0.2, 0) is 4.79 Å². The molecular formula is C28H30GeO. The van der Waals surface area contributed by atoms with Crippen LogP contribution in [0.1, 0.15) is 26.7 Å². The van der Waals surface area contributed by atoms with Crippen molar-refractivity contribution in [2.75, 3.05) is 0 Å². The molecule has 3 aromatic carbocycles. The van der Waals surface area contributed by atoms with Crippen molar-refractivity contribution in [1.82, 2.24) is 0 Å². The summed E-state index contributed by atoms with van der Waals surface area (Å²) in [5.74, 6) is 0.734. The second kappa shape index (κ2) is 8.77. The van der Waals surface area contributed by atoms with Gasteiger partial charge in [0.15, 0.2) is 0 Å². The van der Waals surface area contributed by atoms with Gasteiger partial charge in [-0.3, -0.25) is 0 Å². The Hall–Kier alpha value is -2.39. The molecule has 30 heavy (non-hydrogen) atoms. The number of carbonyl (C=O) groups is 1. The predicted molar refractivity (Wildman–Crippen MR) is 129 cm³/mol. The molecule has 1 aliphatic carbocycles. The van der Waals surface area contributed by atoms with Crippen LogP contribution >= 0.6 is 0 Å². The first kappa shape index (κ1) is 20.9. The minimum atomic E-state index is -3.21. The molecule has 0 heterocycles. The summed E-state index contributed by atoms with van der Waals surface area (Å²) in [6, 6.07) is 33.1. The number of benzene rings is 3. The number of ketones is 1. The van der Waals surface area contributed by atoms with Crippen LogP contribution in [0.25, 0.3) is 0 Å². The van der Waals surface area contributed by atoms with Gasteiger partial charge in [-0.1, -0.05) is 0 Å². The molecule has 0 saturated heterocycles. The third kappa shape index (κ3) is 3.60. The van der Waals surface area contributed by atoms with E-state index in [2.05, 4.69) is 111 Å². The van der Waals surface area contributed by atoms with Gasteiger partial charge >= 0.3 is 183 Å². The number of Topliss-reactive ketones (excluding diaryl/α,β-unsaturated/α-hetero) is 1. The van der Waals surface area contributed by atoms with E-state index in [1.807, 2.05) is 0 Å². The normalized spacial score (nSPS) is 21.9. The van der Waals surface area contributed by atoms with Crippen molar-refractivity contribution in [2.24, 2.45) is 11.8 Å². The van der Waals surface area contributed by atoms with Gasteiger partial charge in [0.2, 0.25) is 0 Å². The van der Waals surface area contributed by atoms with Gasteiger partial charge in [-0.25, -0.2) is 0 Å². The zero-order valence-corrected chi connectivity index (χ0v) is 20.0. The van der Waals surface area contributed by atoms with Crippen LogP contribution < -0.4 is 13.2 Å². The van der Waals surface area contributed by atoms with Crippen LogP contribution in [0, 0.1) is 11.8 Å². The van der Waals surface area contributed by atoms with Crippen LogP contribution in [0.5, 0.6) is 0 Å². The van der Waals surface area contributed by atoms with E-state index in [4.69, 9.17) is 0 Å². The summed E-state index contributed by atoms with van der Waals surface area (Å²) in [5, 5.41) is 0. The third-order valence-electron chi connectivity index (χ3n) is 7.04. The van der Waals surface area contributed by atoms with Crippen LogP contribution in [0.15, 0.2) is 103 Å². The van der Waals surface area contributed by atoms with Gasteiger partial charge in [0, 0.05) is 0 Å². The Kier molecular flexibility index (Phi) is 6.10. The molecule has 0 bridgehead atoms. The summed E-state index contributed by atoms with van der Waals surface area (Å²) in [6.45, 7) is 8.51. The fraction of sp³-hybridized carbons (Fsp3) is 0.250. The Labute approximate surface area is 183 Å². The minimum absolute atomic E-state index is 0.0567. The molecule has 1 fully saturated rings. The summed E-state index contributed by atoms with van der Waals surface area (Å²) in [4.78, 5) is 13.2. The molecular weight excluding hydrogens is 425 g/mol. The van der Waals surface area contributed by atoms with Gasteiger partial charge in [-0.05, 0) is 0 Å². The fourth-order valence-electron chi connectivity index (χ4n) is 5.42. The van der Waals surface area contributed by atoms with E-state index in [0.717, 1.165) is 12.0 Å². The van der Waals surface area contributed by atoms with E-state index < -0.39 is 13.3 Å². The van der Waals surface area contributed by atoms with Crippen molar-refractivity contribution < 1.29 is 4.79 Å². The first-order valence-corrected chi connectivity index (χ1v) is 15.3. The van der Waals surface area contributed by atoms with E-state index in [0.29, 0.717) is 17.0 Å². The molecule has 3 unspecified atom stereocenters. The number of allylic oxidation sites excluding steroid dienone is 1. The molecule has 152 valence electrons. The Morgan fingerprint density at radius 1 is 0.800 bits per heavy atom. The molecule has 3 aromatic rings. The summed E-state index contributed by atoms with van der Waals surface area (Å²) in [5.41, 5.74) is 1.14. The third-order valence-corrected chi connectivity index (χ3v) is 18.7. The van der Waals surface area contributed by atoms with Gasteiger partial charge in [-0.15, -0.1) is 0 Å². The van der Waals surface area contributed by atoms with E-state index in [1.165, 1.54) is 13.2 Å². The van der Waals surface area contributed by atoms with E-state index >= 15 is 0 Å². The molecule has 1 aliphatic rings. The van der Waals surface area contributed by atoms with Crippen LogP contribution in [0.2, 0.25) is 4.75 Å². The van der Waals surface area contributed by atoms with Gasteiger partial charge in [0.25, 0.3) is 0 Å². The zero-order chi connectivity index (χ0) is 21.1. The monoisotopic (exact) mass is 456 g/mol. The number of hydrogen-bond donors (Lipinski definition) is 0. The molecule has 0 spiro atoms. The Bertz CT molecular complexity index is 914. The van der Waals surface area contributed by atoms with Gasteiger partial charge in [-0.2, -0.15) is 0 Å². The molecule has 0 aromatic heterocycles. The van der Waals surface area contributed by atoms with Crippen molar-refractivity contribution in [3.05, 3.63) is 103 Å². The molecule has 0 N–H and O–H groups in total. The SMILES string of the molecule is C=C(C)C1CC(=O)C(C)[CH]([Ge]([c]2ccccc2)([c]2ccccc2)[c]2ccccc2)C1. The fourth-order valence-corrected chi connectivity index (χ4v) is 18.0. The average molecular weight is 455 g/mol. The number of hydrogen-bond acceptors (Lipinski definition) is 1. The van der Waals surface area contributed by atoms with Crippen LogP contribution in [0.3, 0.4) is 0 Å². The van der Waals surface area contributed by atoms with E-state index in [1.54, 1.807) is 0 Å². The van der Waals surface area contributed by atoms with Crippen molar-refractivity contribution in [3.63, 3.8) is 0 Å². The maximum absolute atomic E-state index is 13.2. The summed E-state index contributed by atoms with van der Waals surface area (Å²) in [7, 11) is 0. The second-order valence-electron chi connectivity index (χ2n) is 8.75. The average Bonchev–Trinajstić information content (AvgIpc) is 2.79. The Balaban J connectivity index is 2.04. The van der Waals surface area contributed by atoms with Crippen molar-refractivity contribution in [1.29, 1.82) is 0 Å². The molecule has 0 aliphatic heterocycles.